The van der Waals surface area contributed by atoms with Gasteiger partial charge < -0.3 is 4.90 Å². The molecule has 6 heteroatoms. The van der Waals surface area contributed by atoms with Gasteiger partial charge in [-0.1, -0.05) is 45.0 Å². The summed E-state index contributed by atoms with van der Waals surface area (Å²) in [5.74, 6) is 1.60. The Morgan fingerprint density at radius 1 is 1.10 bits per heavy atom. The van der Waals surface area contributed by atoms with Crippen LogP contribution < -0.4 is 0 Å². The Labute approximate surface area is 178 Å². The number of carbonyl (C=O) groups excluding carboxylic acids is 1. The fraction of sp³-hybridized carbons (Fsp3) is 0.500. The molecular weight excluding hydrogens is 374 g/mol. The van der Waals surface area contributed by atoms with Gasteiger partial charge in [0.15, 0.2) is 5.65 Å². The van der Waals surface area contributed by atoms with Crippen molar-refractivity contribution in [3.8, 4) is 0 Å². The topological polar surface area (TPSA) is 63.4 Å². The van der Waals surface area contributed by atoms with Crippen molar-refractivity contribution in [2.75, 3.05) is 13.1 Å². The zero-order valence-electron chi connectivity index (χ0n) is 18.2. The molecule has 1 aliphatic rings. The van der Waals surface area contributed by atoms with E-state index in [0.717, 1.165) is 50.2 Å². The first kappa shape index (κ1) is 20.5. The third-order valence-electron chi connectivity index (χ3n) is 6.13. The van der Waals surface area contributed by atoms with Crippen molar-refractivity contribution < 1.29 is 4.79 Å². The lowest BCUT2D eigenvalue weighted by Gasteiger charge is -2.31. The maximum Gasteiger partial charge on any atom is 0.222 e. The number of fused-ring (bicyclic) bond motifs is 1. The van der Waals surface area contributed by atoms with Gasteiger partial charge in [0, 0.05) is 37.8 Å². The monoisotopic (exact) mass is 405 g/mol. The van der Waals surface area contributed by atoms with Crippen LogP contribution in [0.5, 0.6) is 0 Å². The molecule has 1 fully saturated rings. The Kier molecular flexibility index (Phi) is 5.84. The average molecular weight is 406 g/mol. The summed E-state index contributed by atoms with van der Waals surface area (Å²) in [6.07, 6.45) is 9.73. The van der Waals surface area contributed by atoms with Gasteiger partial charge in [-0.25, -0.2) is 0 Å². The Bertz CT molecular complexity index is 994. The van der Waals surface area contributed by atoms with Crippen LogP contribution in [0.25, 0.3) is 5.65 Å². The van der Waals surface area contributed by atoms with Crippen molar-refractivity contribution in [2.24, 2.45) is 0 Å². The minimum Gasteiger partial charge on any atom is -0.343 e. The van der Waals surface area contributed by atoms with Gasteiger partial charge in [-0.2, -0.15) is 0 Å². The van der Waals surface area contributed by atoms with Crippen molar-refractivity contribution in [1.82, 2.24) is 24.5 Å². The number of piperidine rings is 1. The van der Waals surface area contributed by atoms with Gasteiger partial charge in [-0.05, 0) is 42.2 Å². The van der Waals surface area contributed by atoms with Crippen molar-refractivity contribution in [1.29, 1.82) is 0 Å². The maximum atomic E-state index is 12.7. The van der Waals surface area contributed by atoms with Crippen LogP contribution >= 0.6 is 0 Å². The van der Waals surface area contributed by atoms with Crippen molar-refractivity contribution in [3.63, 3.8) is 0 Å². The number of hydrogen-bond acceptors (Lipinski definition) is 4. The molecule has 0 radical (unpaired) electrons. The molecule has 2 aromatic heterocycles. The third kappa shape index (κ3) is 4.53. The fourth-order valence-electron chi connectivity index (χ4n) is 4.21. The Morgan fingerprint density at radius 3 is 2.53 bits per heavy atom. The fourth-order valence-corrected chi connectivity index (χ4v) is 4.21. The molecule has 0 aliphatic carbocycles. The average Bonchev–Trinajstić information content (AvgIpc) is 3.18. The van der Waals surface area contributed by atoms with Gasteiger partial charge in [0.25, 0.3) is 0 Å². The van der Waals surface area contributed by atoms with E-state index in [9.17, 15) is 4.79 Å². The molecule has 3 heterocycles. The predicted molar refractivity (Wildman–Crippen MR) is 117 cm³/mol. The highest BCUT2D eigenvalue weighted by Gasteiger charge is 2.26. The zero-order valence-corrected chi connectivity index (χ0v) is 18.2. The molecule has 0 N–H and O–H groups in total. The molecule has 158 valence electrons. The van der Waals surface area contributed by atoms with Crippen LogP contribution in [0.2, 0.25) is 0 Å². The molecule has 1 saturated heterocycles. The molecule has 0 saturated carbocycles. The highest BCUT2D eigenvalue weighted by atomic mass is 16.2. The molecular formula is C24H31N5O. The highest BCUT2D eigenvalue weighted by molar-refractivity contribution is 5.76. The summed E-state index contributed by atoms with van der Waals surface area (Å²) in [5.41, 5.74) is 3.61. The molecule has 3 aromatic rings. The molecule has 0 spiro atoms. The van der Waals surface area contributed by atoms with E-state index >= 15 is 0 Å². The molecule has 30 heavy (non-hydrogen) atoms. The molecule has 6 nitrogen and oxygen atoms in total. The van der Waals surface area contributed by atoms with Crippen LogP contribution in [0.1, 0.15) is 69.3 Å². The molecule has 0 bridgehead atoms. The number of carbonyl (C=O) groups is 1. The lowest BCUT2D eigenvalue weighted by atomic mass is 9.86. The summed E-state index contributed by atoms with van der Waals surface area (Å²) in [6, 6.07) is 8.84. The van der Waals surface area contributed by atoms with Crippen molar-refractivity contribution in [2.45, 2.75) is 64.2 Å². The second-order valence-electron chi connectivity index (χ2n) is 9.32. The lowest BCUT2D eigenvalue weighted by molar-refractivity contribution is -0.132. The lowest BCUT2D eigenvalue weighted by Crippen LogP contribution is -2.38. The molecule has 4 rings (SSSR count). The number of nitrogens with zero attached hydrogens (tertiary/aromatic N) is 5. The smallest absolute Gasteiger partial charge is 0.222 e. The molecule has 1 aliphatic heterocycles. The summed E-state index contributed by atoms with van der Waals surface area (Å²) < 4.78 is 2.01. The molecule has 0 unspecified atom stereocenters. The summed E-state index contributed by atoms with van der Waals surface area (Å²) >= 11 is 0. The number of aromatic nitrogens is 4. The summed E-state index contributed by atoms with van der Waals surface area (Å²) in [6.45, 7) is 8.28. The molecule has 0 atom stereocenters. The van der Waals surface area contributed by atoms with Gasteiger partial charge in [0.1, 0.15) is 5.82 Å². The first-order valence-corrected chi connectivity index (χ1v) is 10.9. The Balaban J connectivity index is 1.25. The maximum absolute atomic E-state index is 12.7. The summed E-state index contributed by atoms with van der Waals surface area (Å²) in [4.78, 5) is 18.8. The van der Waals surface area contributed by atoms with Crippen LogP contribution in [-0.2, 0) is 16.6 Å². The first-order chi connectivity index (χ1) is 14.4. The van der Waals surface area contributed by atoms with Gasteiger partial charge >= 0.3 is 0 Å². The SMILES string of the molecule is CC(C)(C)c1ccc(CCCC(=O)N2CCC(c3nnc4cnccn34)CC2)cc1. The van der Waals surface area contributed by atoms with Crippen molar-refractivity contribution >= 4 is 11.6 Å². The van der Waals surface area contributed by atoms with E-state index in [-0.39, 0.29) is 11.3 Å². The van der Waals surface area contributed by atoms with E-state index in [1.54, 1.807) is 12.4 Å². The quantitative estimate of drug-likeness (QED) is 0.640. The normalized spacial score (nSPS) is 15.6. The zero-order chi connectivity index (χ0) is 21.1. The predicted octanol–water partition coefficient (Wildman–Crippen LogP) is 4.15. The summed E-state index contributed by atoms with van der Waals surface area (Å²) in [7, 11) is 0. The molecule has 1 amide bonds. The highest BCUT2D eigenvalue weighted by Crippen LogP contribution is 2.27. The Morgan fingerprint density at radius 2 is 1.83 bits per heavy atom. The Hall–Kier alpha value is -2.76. The van der Waals surface area contributed by atoms with Gasteiger partial charge in [0.05, 0.1) is 6.20 Å². The number of amides is 1. The minimum atomic E-state index is 0.177. The number of rotatable bonds is 5. The van der Waals surface area contributed by atoms with Crippen molar-refractivity contribution in [3.05, 3.63) is 59.8 Å². The largest absolute Gasteiger partial charge is 0.343 e. The molecule has 1 aromatic carbocycles. The van der Waals surface area contributed by atoms with Crippen LogP contribution in [0.15, 0.2) is 42.9 Å². The van der Waals surface area contributed by atoms with Crippen LogP contribution in [0.4, 0.5) is 0 Å². The second-order valence-corrected chi connectivity index (χ2v) is 9.32. The number of likely N-dealkylation sites (tertiary alicyclic amines) is 1. The number of benzene rings is 1. The summed E-state index contributed by atoms with van der Waals surface area (Å²) in [5, 5.41) is 8.57. The number of hydrogen-bond donors (Lipinski definition) is 0. The van der Waals surface area contributed by atoms with E-state index in [0.29, 0.717) is 12.3 Å². The van der Waals surface area contributed by atoms with Gasteiger partial charge in [-0.3, -0.25) is 14.2 Å². The van der Waals surface area contributed by atoms with Gasteiger partial charge in [0.2, 0.25) is 5.91 Å². The first-order valence-electron chi connectivity index (χ1n) is 10.9. The van der Waals surface area contributed by atoms with Crippen LogP contribution in [-0.4, -0.2) is 43.5 Å². The van der Waals surface area contributed by atoms with E-state index in [2.05, 4.69) is 60.2 Å². The van der Waals surface area contributed by atoms with Gasteiger partial charge in [-0.15, -0.1) is 10.2 Å². The van der Waals surface area contributed by atoms with E-state index < -0.39 is 0 Å². The van der Waals surface area contributed by atoms with Crippen LogP contribution in [0, 0.1) is 0 Å². The standard InChI is InChI=1S/C24H31N5O/c1-24(2,3)20-9-7-18(8-10-20)5-4-6-22(30)28-14-11-19(12-15-28)23-27-26-21-17-25-13-16-29(21)23/h7-10,13,16-17,19H,4-6,11-12,14-15H2,1-3H3. The van der Waals surface area contributed by atoms with Crippen LogP contribution in [0.3, 0.4) is 0 Å². The minimum absolute atomic E-state index is 0.177. The van der Waals surface area contributed by atoms with E-state index in [1.807, 2.05) is 15.5 Å². The second kappa shape index (κ2) is 8.54. The van der Waals surface area contributed by atoms with E-state index in [1.165, 1.54) is 11.1 Å². The third-order valence-corrected chi connectivity index (χ3v) is 6.13. The van der Waals surface area contributed by atoms with E-state index in [4.69, 9.17) is 0 Å². The number of aryl methyl sites for hydroxylation is 1.